The predicted octanol–water partition coefficient (Wildman–Crippen LogP) is 4.21. The molecule has 0 aromatic heterocycles. The maximum Gasteiger partial charge on any atom is 0.161 e. The van der Waals surface area contributed by atoms with Gasteiger partial charge in [-0.05, 0) is 44.7 Å². The molecule has 0 heterocycles. The normalized spacial score (nSPS) is 14.9. The molecule has 1 aliphatic carbocycles. The van der Waals surface area contributed by atoms with Gasteiger partial charge in [-0.1, -0.05) is 12.1 Å². The van der Waals surface area contributed by atoms with E-state index in [0.29, 0.717) is 12.7 Å². The Morgan fingerprint density at radius 2 is 1.71 bits per heavy atom. The van der Waals surface area contributed by atoms with Crippen LogP contribution in [0, 0.1) is 0 Å². The highest BCUT2D eigenvalue weighted by molar-refractivity contribution is 5.39. The van der Waals surface area contributed by atoms with Crippen LogP contribution in [0.15, 0.2) is 37.4 Å². The smallest absolute Gasteiger partial charge is 0.161 e. The monoisotopic (exact) mass is 234 g/mol. The lowest BCUT2D eigenvalue weighted by Crippen LogP contribution is -2.11. The van der Waals surface area contributed by atoms with E-state index in [1.54, 1.807) is 0 Å². The Morgan fingerprint density at radius 1 is 1.12 bits per heavy atom. The Morgan fingerprint density at radius 3 is 2.29 bits per heavy atom. The highest BCUT2D eigenvalue weighted by atomic mass is 16.5. The van der Waals surface area contributed by atoms with E-state index in [4.69, 9.17) is 9.47 Å². The van der Waals surface area contributed by atoms with Gasteiger partial charge in [-0.3, -0.25) is 0 Å². The Bertz CT molecular complexity index is 316. The van der Waals surface area contributed by atoms with E-state index >= 15 is 0 Å². The van der Waals surface area contributed by atoms with Gasteiger partial charge in [0.2, 0.25) is 0 Å². The third kappa shape index (κ3) is 4.14. The Kier molecular flexibility index (Phi) is 6.23. The zero-order chi connectivity index (χ0) is 12.5. The van der Waals surface area contributed by atoms with Crippen LogP contribution in [0.2, 0.25) is 0 Å². The molecule has 1 aromatic carbocycles. The topological polar surface area (TPSA) is 18.5 Å². The van der Waals surface area contributed by atoms with Crippen molar-refractivity contribution in [2.45, 2.75) is 38.7 Å². The molecule has 0 saturated heterocycles. The summed E-state index contributed by atoms with van der Waals surface area (Å²) in [6.45, 7) is 8.68. The van der Waals surface area contributed by atoms with Crippen molar-refractivity contribution in [1.29, 1.82) is 0 Å². The number of rotatable bonds is 4. The maximum atomic E-state index is 5.93. The lowest BCUT2D eigenvalue weighted by atomic mass is 10.3. The molecule has 0 radical (unpaired) electrons. The summed E-state index contributed by atoms with van der Waals surface area (Å²) in [5, 5.41) is 0. The van der Waals surface area contributed by atoms with Gasteiger partial charge in [0.15, 0.2) is 11.5 Å². The molecule has 1 fully saturated rings. The molecule has 1 saturated carbocycles. The summed E-state index contributed by atoms with van der Waals surface area (Å²) in [7, 11) is 0. The third-order valence-corrected chi connectivity index (χ3v) is 2.74. The van der Waals surface area contributed by atoms with Gasteiger partial charge in [-0.25, -0.2) is 0 Å². The summed E-state index contributed by atoms with van der Waals surface area (Å²) in [6, 6.07) is 7.93. The number of benzene rings is 1. The SMILES string of the molecule is C=C.CCOc1ccccc1OC1CCCC1. The van der Waals surface area contributed by atoms with Crippen LogP contribution < -0.4 is 9.47 Å². The van der Waals surface area contributed by atoms with Gasteiger partial charge in [0, 0.05) is 0 Å². The molecule has 2 nitrogen and oxygen atoms in total. The zero-order valence-corrected chi connectivity index (χ0v) is 10.7. The van der Waals surface area contributed by atoms with E-state index in [1.165, 1.54) is 25.7 Å². The second-order valence-electron chi connectivity index (χ2n) is 3.90. The predicted molar refractivity (Wildman–Crippen MR) is 71.7 cm³/mol. The van der Waals surface area contributed by atoms with E-state index < -0.39 is 0 Å². The van der Waals surface area contributed by atoms with Crippen molar-refractivity contribution in [3.05, 3.63) is 37.4 Å². The molecule has 17 heavy (non-hydrogen) atoms. The first-order valence-electron chi connectivity index (χ1n) is 6.28. The van der Waals surface area contributed by atoms with Crippen LogP contribution in [0.25, 0.3) is 0 Å². The van der Waals surface area contributed by atoms with E-state index in [2.05, 4.69) is 13.2 Å². The minimum Gasteiger partial charge on any atom is -0.490 e. The molecule has 0 spiro atoms. The zero-order valence-electron chi connectivity index (χ0n) is 10.7. The lowest BCUT2D eigenvalue weighted by molar-refractivity contribution is 0.197. The van der Waals surface area contributed by atoms with Gasteiger partial charge in [-0.2, -0.15) is 0 Å². The molecule has 94 valence electrons. The van der Waals surface area contributed by atoms with Gasteiger partial charge < -0.3 is 9.47 Å². The van der Waals surface area contributed by atoms with Crippen LogP contribution in [0.5, 0.6) is 11.5 Å². The molecular formula is C15H22O2. The standard InChI is InChI=1S/C13H18O2.C2H4/c1-2-14-12-9-5-6-10-13(12)15-11-7-3-4-8-11;1-2/h5-6,9-11H,2-4,7-8H2,1H3;1-2H2. The van der Waals surface area contributed by atoms with Crippen LogP contribution in [-0.4, -0.2) is 12.7 Å². The molecule has 0 N–H and O–H groups in total. The quantitative estimate of drug-likeness (QED) is 0.727. The van der Waals surface area contributed by atoms with Crippen molar-refractivity contribution < 1.29 is 9.47 Å². The largest absolute Gasteiger partial charge is 0.490 e. The van der Waals surface area contributed by atoms with E-state index in [1.807, 2.05) is 31.2 Å². The molecule has 0 unspecified atom stereocenters. The summed E-state index contributed by atoms with van der Waals surface area (Å²) in [5.41, 5.74) is 0. The summed E-state index contributed by atoms with van der Waals surface area (Å²) >= 11 is 0. The molecule has 1 aromatic rings. The van der Waals surface area contributed by atoms with Crippen molar-refractivity contribution in [3.8, 4) is 11.5 Å². The molecule has 1 aliphatic rings. The Hall–Kier alpha value is -1.44. The molecular weight excluding hydrogens is 212 g/mol. The summed E-state index contributed by atoms with van der Waals surface area (Å²) < 4.78 is 11.5. The van der Waals surface area contributed by atoms with Crippen LogP contribution in [0.1, 0.15) is 32.6 Å². The molecule has 0 aliphatic heterocycles. The van der Waals surface area contributed by atoms with Crippen molar-refractivity contribution in [3.63, 3.8) is 0 Å². The minimum atomic E-state index is 0.395. The fraction of sp³-hybridized carbons (Fsp3) is 0.467. The van der Waals surface area contributed by atoms with Crippen molar-refractivity contribution >= 4 is 0 Å². The van der Waals surface area contributed by atoms with Crippen LogP contribution in [0.4, 0.5) is 0 Å². The molecule has 0 amide bonds. The fourth-order valence-corrected chi connectivity index (χ4v) is 2.01. The molecule has 0 atom stereocenters. The van der Waals surface area contributed by atoms with Gasteiger partial charge in [0.05, 0.1) is 12.7 Å². The van der Waals surface area contributed by atoms with Crippen molar-refractivity contribution in [2.75, 3.05) is 6.61 Å². The maximum absolute atomic E-state index is 5.93. The number of hydrogen-bond donors (Lipinski definition) is 0. The number of para-hydroxylation sites is 2. The summed E-state index contributed by atoms with van der Waals surface area (Å²) in [4.78, 5) is 0. The first kappa shape index (κ1) is 13.6. The summed E-state index contributed by atoms with van der Waals surface area (Å²) in [6.07, 6.45) is 5.34. The highest BCUT2D eigenvalue weighted by Crippen LogP contribution is 2.31. The van der Waals surface area contributed by atoms with E-state index in [0.717, 1.165) is 11.5 Å². The van der Waals surface area contributed by atoms with Crippen LogP contribution in [0.3, 0.4) is 0 Å². The second kappa shape index (κ2) is 7.77. The van der Waals surface area contributed by atoms with Crippen LogP contribution >= 0.6 is 0 Å². The van der Waals surface area contributed by atoms with E-state index in [-0.39, 0.29) is 0 Å². The van der Waals surface area contributed by atoms with E-state index in [9.17, 15) is 0 Å². The number of ether oxygens (including phenoxy) is 2. The van der Waals surface area contributed by atoms with Crippen LogP contribution in [-0.2, 0) is 0 Å². The number of hydrogen-bond acceptors (Lipinski definition) is 2. The first-order valence-corrected chi connectivity index (χ1v) is 6.28. The molecule has 2 heteroatoms. The Labute approximate surface area is 104 Å². The van der Waals surface area contributed by atoms with Gasteiger partial charge in [0.25, 0.3) is 0 Å². The fourth-order valence-electron chi connectivity index (χ4n) is 2.01. The third-order valence-electron chi connectivity index (χ3n) is 2.74. The highest BCUT2D eigenvalue weighted by Gasteiger charge is 2.17. The Balaban J connectivity index is 0.000000686. The van der Waals surface area contributed by atoms with Gasteiger partial charge >= 0.3 is 0 Å². The average molecular weight is 234 g/mol. The van der Waals surface area contributed by atoms with Gasteiger partial charge in [-0.15, -0.1) is 13.2 Å². The average Bonchev–Trinajstić information content (AvgIpc) is 2.87. The first-order chi connectivity index (χ1) is 8.40. The van der Waals surface area contributed by atoms with Crippen molar-refractivity contribution in [1.82, 2.24) is 0 Å². The van der Waals surface area contributed by atoms with Crippen molar-refractivity contribution in [2.24, 2.45) is 0 Å². The lowest BCUT2D eigenvalue weighted by Gasteiger charge is -2.16. The molecule has 0 bridgehead atoms. The summed E-state index contributed by atoms with van der Waals surface area (Å²) in [5.74, 6) is 1.76. The van der Waals surface area contributed by atoms with Gasteiger partial charge in [0.1, 0.15) is 0 Å². The molecule has 2 rings (SSSR count). The second-order valence-corrected chi connectivity index (χ2v) is 3.90. The minimum absolute atomic E-state index is 0.395.